The number of cyclic esters (lactones) is 1. The van der Waals surface area contributed by atoms with Crippen molar-refractivity contribution in [1.29, 1.82) is 0 Å². The Morgan fingerprint density at radius 2 is 1.81 bits per heavy atom. The van der Waals surface area contributed by atoms with Gasteiger partial charge in [0, 0.05) is 0 Å². The standard InChI is InChI=1S/C16H19IO4/c1-15(2)13(18)16(8-4-3-5-9-16)12(21-14(15)19)10-6-7-11(17)20-10/h6-7,12H,3-5,8-9H2,1-2H3/t12-/m1/s1. The number of hydrogen-bond donors (Lipinski definition) is 0. The summed E-state index contributed by atoms with van der Waals surface area (Å²) < 4.78 is 12.1. The summed E-state index contributed by atoms with van der Waals surface area (Å²) in [6, 6.07) is 3.66. The van der Waals surface area contributed by atoms with Crippen LogP contribution in [-0.2, 0) is 14.3 Å². The predicted octanol–water partition coefficient (Wildman–Crippen LogP) is 4.03. The Kier molecular flexibility index (Phi) is 3.66. The van der Waals surface area contributed by atoms with Crippen molar-refractivity contribution >= 4 is 34.3 Å². The van der Waals surface area contributed by atoms with Crippen LogP contribution in [0.2, 0.25) is 0 Å². The van der Waals surface area contributed by atoms with Crippen LogP contribution in [0.3, 0.4) is 0 Å². The molecule has 3 rings (SSSR count). The van der Waals surface area contributed by atoms with Gasteiger partial charge in [-0.25, -0.2) is 0 Å². The van der Waals surface area contributed by atoms with Crippen LogP contribution in [0, 0.1) is 14.6 Å². The molecule has 1 aliphatic heterocycles. The minimum Gasteiger partial charge on any atom is -0.452 e. The molecule has 21 heavy (non-hydrogen) atoms. The fraction of sp³-hybridized carbons (Fsp3) is 0.625. The maximum Gasteiger partial charge on any atom is 0.319 e. The van der Waals surface area contributed by atoms with Crippen molar-refractivity contribution in [3.63, 3.8) is 0 Å². The summed E-state index contributed by atoms with van der Waals surface area (Å²) in [7, 11) is 0. The molecule has 4 nitrogen and oxygen atoms in total. The van der Waals surface area contributed by atoms with E-state index in [1.54, 1.807) is 13.8 Å². The molecule has 0 N–H and O–H groups in total. The molecule has 1 aromatic rings. The molecular weight excluding hydrogens is 383 g/mol. The Hall–Kier alpha value is -0.850. The quantitative estimate of drug-likeness (QED) is 0.405. The van der Waals surface area contributed by atoms with Crippen LogP contribution in [0.1, 0.15) is 57.8 Å². The lowest BCUT2D eigenvalue weighted by atomic mass is 9.59. The van der Waals surface area contributed by atoms with E-state index in [9.17, 15) is 9.59 Å². The highest BCUT2D eigenvalue weighted by Crippen LogP contribution is 2.55. The van der Waals surface area contributed by atoms with E-state index in [0.29, 0.717) is 5.76 Å². The molecule has 0 bridgehead atoms. The number of esters is 1. The molecule has 1 spiro atoms. The van der Waals surface area contributed by atoms with Gasteiger partial charge in [0.1, 0.15) is 11.2 Å². The molecule has 1 saturated carbocycles. The maximum absolute atomic E-state index is 13.1. The van der Waals surface area contributed by atoms with Crippen molar-refractivity contribution in [2.45, 2.75) is 52.1 Å². The van der Waals surface area contributed by atoms with Gasteiger partial charge in [0.25, 0.3) is 0 Å². The zero-order valence-electron chi connectivity index (χ0n) is 12.3. The van der Waals surface area contributed by atoms with E-state index in [0.717, 1.165) is 35.9 Å². The summed E-state index contributed by atoms with van der Waals surface area (Å²) in [5.74, 6) is 0.168. The molecule has 1 atom stereocenters. The summed E-state index contributed by atoms with van der Waals surface area (Å²) in [4.78, 5) is 25.3. The molecule has 0 unspecified atom stereocenters. The van der Waals surface area contributed by atoms with Crippen LogP contribution in [0.25, 0.3) is 0 Å². The first-order valence-corrected chi connectivity index (χ1v) is 8.47. The highest BCUT2D eigenvalue weighted by atomic mass is 127. The number of carbonyl (C=O) groups is 2. The van der Waals surface area contributed by atoms with E-state index < -0.39 is 22.9 Å². The van der Waals surface area contributed by atoms with Crippen LogP contribution >= 0.6 is 22.6 Å². The van der Waals surface area contributed by atoms with Crippen molar-refractivity contribution in [2.24, 2.45) is 10.8 Å². The van der Waals surface area contributed by atoms with Gasteiger partial charge < -0.3 is 9.15 Å². The van der Waals surface area contributed by atoms with E-state index in [2.05, 4.69) is 22.6 Å². The molecule has 5 heteroatoms. The zero-order valence-corrected chi connectivity index (χ0v) is 14.4. The fourth-order valence-electron chi connectivity index (χ4n) is 3.67. The van der Waals surface area contributed by atoms with Gasteiger partial charge in [-0.15, -0.1) is 0 Å². The fourth-order valence-corrected chi connectivity index (χ4v) is 4.11. The number of rotatable bonds is 1. The first kappa shape index (κ1) is 15.1. The smallest absolute Gasteiger partial charge is 0.319 e. The number of ether oxygens (including phenoxy) is 1. The van der Waals surface area contributed by atoms with Crippen molar-refractivity contribution in [3.05, 3.63) is 21.7 Å². The maximum atomic E-state index is 13.1. The number of ketones is 1. The van der Waals surface area contributed by atoms with E-state index in [1.807, 2.05) is 12.1 Å². The third-order valence-corrected chi connectivity index (χ3v) is 5.43. The Morgan fingerprint density at radius 1 is 1.14 bits per heavy atom. The molecule has 2 fully saturated rings. The molecule has 0 amide bonds. The van der Waals surface area contributed by atoms with Crippen LogP contribution in [0.5, 0.6) is 0 Å². The highest BCUT2D eigenvalue weighted by Gasteiger charge is 2.61. The molecule has 0 radical (unpaired) electrons. The minimum atomic E-state index is -1.06. The predicted molar refractivity (Wildman–Crippen MR) is 84.6 cm³/mol. The Labute approximate surface area is 137 Å². The van der Waals surface area contributed by atoms with Crippen LogP contribution in [0.15, 0.2) is 16.5 Å². The SMILES string of the molecule is CC1(C)C(=O)O[C@H](c2ccc(I)o2)C2(CCCCC2)C1=O. The Balaban J connectivity index is 2.08. The normalized spacial score (nSPS) is 27.7. The second-order valence-electron chi connectivity index (χ2n) is 6.60. The second-order valence-corrected chi connectivity index (χ2v) is 7.66. The molecule has 1 saturated heterocycles. The van der Waals surface area contributed by atoms with Gasteiger partial charge in [0.05, 0.1) is 5.41 Å². The van der Waals surface area contributed by atoms with Crippen LogP contribution in [0.4, 0.5) is 0 Å². The van der Waals surface area contributed by atoms with E-state index in [-0.39, 0.29) is 5.78 Å². The minimum absolute atomic E-state index is 0.0161. The summed E-state index contributed by atoms with van der Waals surface area (Å²) >= 11 is 2.08. The lowest BCUT2D eigenvalue weighted by molar-refractivity contribution is -0.194. The summed E-state index contributed by atoms with van der Waals surface area (Å²) in [5, 5.41) is 0. The van der Waals surface area contributed by atoms with Gasteiger partial charge in [-0.2, -0.15) is 0 Å². The van der Waals surface area contributed by atoms with E-state index in [4.69, 9.17) is 9.15 Å². The summed E-state index contributed by atoms with van der Waals surface area (Å²) in [6.07, 6.45) is 4.08. The number of carbonyl (C=O) groups excluding carboxylic acids is 2. The van der Waals surface area contributed by atoms with Crippen LogP contribution < -0.4 is 0 Å². The molecule has 0 aromatic carbocycles. The zero-order chi connectivity index (χ0) is 15.3. The third-order valence-electron chi connectivity index (χ3n) is 4.86. The number of hydrogen-bond acceptors (Lipinski definition) is 4. The Bertz CT molecular complexity index is 581. The summed E-state index contributed by atoms with van der Waals surface area (Å²) in [5.41, 5.74) is -1.68. The van der Waals surface area contributed by atoms with Crippen molar-refractivity contribution in [3.8, 4) is 0 Å². The van der Waals surface area contributed by atoms with Gasteiger partial charge in [0.2, 0.25) is 0 Å². The van der Waals surface area contributed by atoms with Gasteiger partial charge in [-0.05, 0) is 61.4 Å². The largest absolute Gasteiger partial charge is 0.452 e. The van der Waals surface area contributed by atoms with E-state index in [1.165, 1.54) is 0 Å². The average Bonchev–Trinajstić information content (AvgIpc) is 2.89. The lowest BCUT2D eigenvalue weighted by Crippen LogP contribution is -2.55. The van der Waals surface area contributed by atoms with Crippen molar-refractivity contribution in [1.82, 2.24) is 0 Å². The monoisotopic (exact) mass is 402 g/mol. The van der Waals surface area contributed by atoms with Gasteiger partial charge in [-0.1, -0.05) is 19.3 Å². The topological polar surface area (TPSA) is 56.5 Å². The Morgan fingerprint density at radius 3 is 2.38 bits per heavy atom. The number of furan rings is 1. The van der Waals surface area contributed by atoms with Crippen LogP contribution in [-0.4, -0.2) is 11.8 Å². The van der Waals surface area contributed by atoms with Gasteiger partial charge in [0.15, 0.2) is 15.7 Å². The molecule has 2 heterocycles. The highest BCUT2D eigenvalue weighted by molar-refractivity contribution is 14.1. The first-order chi connectivity index (χ1) is 9.88. The third kappa shape index (κ3) is 2.24. The molecular formula is C16H19IO4. The van der Waals surface area contributed by atoms with Gasteiger partial charge in [-0.3, -0.25) is 9.59 Å². The second kappa shape index (κ2) is 5.11. The molecule has 2 aliphatic rings. The molecule has 114 valence electrons. The van der Waals surface area contributed by atoms with Gasteiger partial charge >= 0.3 is 5.97 Å². The number of Topliss-reactive ketones (excluding diaryl/α,β-unsaturated/α-hetero) is 1. The number of halogens is 1. The van der Waals surface area contributed by atoms with Crippen molar-refractivity contribution < 1.29 is 18.7 Å². The molecule has 1 aromatic heterocycles. The lowest BCUT2D eigenvalue weighted by Gasteiger charge is -2.48. The average molecular weight is 402 g/mol. The molecule has 1 aliphatic carbocycles. The van der Waals surface area contributed by atoms with E-state index >= 15 is 0 Å². The summed E-state index contributed by atoms with van der Waals surface area (Å²) in [6.45, 7) is 3.35. The van der Waals surface area contributed by atoms with Crippen molar-refractivity contribution in [2.75, 3.05) is 0 Å². The first-order valence-electron chi connectivity index (χ1n) is 7.39.